The number of rotatable bonds is 2. The van der Waals surface area contributed by atoms with Crippen molar-refractivity contribution in [3.63, 3.8) is 0 Å². The van der Waals surface area contributed by atoms with E-state index in [1.54, 1.807) is 31.1 Å². The molecule has 4 heteroatoms. The van der Waals surface area contributed by atoms with Crippen molar-refractivity contribution >= 4 is 11.8 Å². The highest BCUT2D eigenvalue weighted by molar-refractivity contribution is 5.94. The molecule has 2 amide bonds. The van der Waals surface area contributed by atoms with Crippen LogP contribution in [0.5, 0.6) is 0 Å². The number of nitrogens with zero attached hydrogens (tertiary/aromatic N) is 1. The standard InChI is InChI=1S/C10H13NO.C8H9NO/c1-8-4-6-9(7-5-8)10(12)11(2)3;1-6-3-2-4-7(5-6)8(9)10/h4-7H,1-3H3;2-5H,1H3,(H2,9,10). The fourth-order valence-electron chi connectivity index (χ4n) is 1.75. The zero-order chi connectivity index (χ0) is 16.7. The third-order valence-corrected chi connectivity index (χ3v) is 3.01. The van der Waals surface area contributed by atoms with Crippen LogP contribution < -0.4 is 5.73 Å². The molecule has 0 saturated carbocycles. The Hall–Kier alpha value is -2.62. The molecule has 0 spiro atoms. The van der Waals surface area contributed by atoms with Crippen molar-refractivity contribution in [2.45, 2.75) is 13.8 Å². The summed E-state index contributed by atoms with van der Waals surface area (Å²) in [5.74, 6) is -0.321. The molecule has 0 bridgehead atoms. The van der Waals surface area contributed by atoms with Crippen LogP contribution in [0.2, 0.25) is 0 Å². The highest BCUT2D eigenvalue weighted by atomic mass is 16.2. The molecule has 0 atom stereocenters. The molecule has 0 aliphatic heterocycles. The second-order valence-corrected chi connectivity index (χ2v) is 5.30. The number of amides is 2. The van der Waals surface area contributed by atoms with Crippen LogP contribution in [0.25, 0.3) is 0 Å². The zero-order valence-corrected chi connectivity index (χ0v) is 13.5. The lowest BCUT2D eigenvalue weighted by Crippen LogP contribution is -2.21. The van der Waals surface area contributed by atoms with Gasteiger partial charge in [-0.3, -0.25) is 9.59 Å². The molecule has 0 aromatic heterocycles. The summed E-state index contributed by atoms with van der Waals surface area (Å²) in [7, 11) is 3.50. The summed E-state index contributed by atoms with van der Waals surface area (Å²) >= 11 is 0. The van der Waals surface area contributed by atoms with Gasteiger partial charge in [0, 0.05) is 25.2 Å². The zero-order valence-electron chi connectivity index (χ0n) is 13.5. The molecule has 0 radical (unpaired) electrons. The van der Waals surface area contributed by atoms with Gasteiger partial charge in [-0.2, -0.15) is 0 Å². The van der Waals surface area contributed by atoms with Gasteiger partial charge in [0.05, 0.1) is 0 Å². The fraction of sp³-hybridized carbons (Fsp3) is 0.222. The van der Waals surface area contributed by atoms with Crippen LogP contribution in [-0.4, -0.2) is 30.8 Å². The first-order valence-electron chi connectivity index (χ1n) is 6.96. The Morgan fingerprint density at radius 3 is 1.86 bits per heavy atom. The SMILES string of the molecule is Cc1ccc(C(=O)N(C)C)cc1.Cc1cccc(C(N)=O)c1. The summed E-state index contributed by atoms with van der Waals surface area (Å²) < 4.78 is 0. The molecule has 0 unspecified atom stereocenters. The Kier molecular flexibility index (Phi) is 6.32. The summed E-state index contributed by atoms with van der Waals surface area (Å²) in [6, 6.07) is 14.8. The maximum Gasteiger partial charge on any atom is 0.253 e. The van der Waals surface area contributed by atoms with Crippen molar-refractivity contribution in [3.05, 3.63) is 70.8 Å². The van der Waals surface area contributed by atoms with Gasteiger partial charge in [0.25, 0.3) is 5.91 Å². The van der Waals surface area contributed by atoms with Crippen molar-refractivity contribution in [1.82, 2.24) is 4.90 Å². The third kappa shape index (κ3) is 5.40. The van der Waals surface area contributed by atoms with Gasteiger partial charge in [0.2, 0.25) is 5.91 Å². The average molecular weight is 298 g/mol. The van der Waals surface area contributed by atoms with Gasteiger partial charge in [-0.15, -0.1) is 0 Å². The van der Waals surface area contributed by atoms with Crippen LogP contribution >= 0.6 is 0 Å². The minimum Gasteiger partial charge on any atom is -0.366 e. The second kappa shape index (κ2) is 7.98. The summed E-state index contributed by atoms with van der Waals surface area (Å²) in [6.07, 6.45) is 0. The van der Waals surface area contributed by atoms with Crippen LogP contribution in [0.15, 0.2) is 48.5 Å². The smallest absolute Gasteiger partial charge is 0.253 e. The van der Waals surface area contributed by atoms with E-state index in [0.29, 0.717) is 5.56 Å². The molecule has 4 nitrogen and oxygen atoms in total. The van der Waals surface area contributed by atoms with E-state index in [2.05, 4.69) is 0 Å². The maximum atomic E-state index is 11.4. The van der Waals surface area contributed by atoms with E-state index in [-0.39, 0.29) is 11.8 Å². The van der Waals surface area contributed by atoms with Gasteiger partial charge in [-0.1, -0.05) is 35.4 Å². The minimum atomic E-state index is -0.372. The van der Waals surface area contributed by atoms with E-state index in [9.17, 15) is 9.59 Å². The van der Waals surface area contributed by atoms with Crippen molar-refractivity contribution in [3.8, 4) is 0 Å². The van der Waals surface area contributed by atoms with E-state index < -0.39 is 0 Å². The lowest BCUT2D eigenvalue weighted by Gasteiger charge is -2.09. The summed E-state index contributed by atoms with van der Waals surface area (Å²) in [5, 5.41) is 0. The molecule has 22 heavy (non-hydrogen) atoms. The largest absolute Gasteiger partial charge is 0.366 e. The second-order valence-electron chi connectivity index (χ2n) is 5.30. The van der Waals surface area contributed by atoms with E-state index in [0.717, 1.165) is 11.1 Å². The van der Waals surface area contributed by atoms with Crippen LogP contribution in [0, 0.1) is 13.8 Å². The van der Waals surface area contributed by atoms with E-state index >= 15 is 0 Å². The molecule has 0 aliphatic carbocycles. The summed E-state index contributed by atoms with van der Waals surface area (Å²) in [5.41, 5.74) is 8.58. The lowest BCUT2D eigenvalue weighted by molar-refractivity contribution is 0.0827. The van der Waals surface area contributed by atoms with Crippen LogP contribution in [0.3, 0.4) is 0 Å². The summed E-state index contributed by atoms with van der Waals surface area (Å²) in [4.78, 5) is 23.5. The van der Waals surface area contributed by atoms with Crippen molar-refractivity contribution < 1.29 is 9.59 Å². The molecule has 2 aromatic rings. The lowest BCUT2D eigenvalue weighted by atomic mass is 10.1. The van der Waals surface area contributed by atoms with Gasteiger partial charge in [0.1, 0.15) is 0 Å². The number of aryl methyl sites for hydroxylation is 2. The summed E-state index contributed by atoms with van der Waals surface area (Å²) in [6.45, 7) is 3.93. The van der Waals surface area contributed by atoms with Crippen molar-refractivity contribution in [1.29, 1.82) is 0 Å². The Morgan fingerprint density at radius 2 is 1.45 bits per heavy atom. The number of benzene rings is 2. The number of primary amides is 1. The minimum absolute atomic E-state index is 0.0509. The van der Waals surface area contributed by atoms with Crippen LogP contribution in [-0.2, 0) is 0 Å². The normalized spacial score (nSPS) is 9.45. The topological polar surface area (TPSA) is 63.4 Å². The van der Waals surface area contributed by atoms with E-state index in [1.165, 1.54) is 5.56 Å². The first-order valence-corrected chi connectivity index (χ1v) is 6.96. The van der Waals surface area contributed by atoms with E-state index in [4.69, 9.17) is 5.73 Å². The predicted octanol–water partition coefficient (Wildman–Crippen LogP) is 2.79. The Balaban J connectivity index is 0.000000224. The molecule has 0 aliphatic rings. The predicted molar refractivity (Wildman–Crippen MR) is 88.9 cm³/mol. The molecule has 0 heterocycles. The molecule has 0 fully saturated rings. The quantitative estimate of drug-likeness (QED) is 0.926. The van der Waals surface area contributed by atoms with E-state index in [1.807, 2.05) is 50.2 Å². The Labute approximate surface area is 131 Å². The van der Waals surface area contributed by atoms with Crippen molar-refractivity contribution in [2.24, 2.45) is 5.73 Å². The van der Waals surface area contributed by atoms with Gasteiger partial charge in [0.15, 0.2) is 0 Å². The average Bonchev–Trinajstić information content (AvgIpc) is 2.48. The highest BCUT2D eigenvalue weighted by Crippen LogP contribution is 2.04. The fourth-order valence-corrected chi connectivity index (χ4v) is 1.75. The Bertz CT molecular complexity index is 646. The van der Waals surface area contributed by atoms with Gasteiger partial charge in [-0.05, 0) is 38.1 Å². The van der Waals surface area contributed by atoms with Crippen molar-refractivity contribution in [2.75, 3.05) is 14.1 Å². The highest BCUT2D eigenvalue weighted by Gasteiger charge is 2.05. The molecule has 2 aromatic carbocycles. The molecular weight excluding hydrogens is 276 g/mol. The number of carbonyl (C=O) groups excluding carboxylic acids is 2. The van der Waals surface area contributed by atoms with Gasteiger partial charge in [-0.25, -0.2) is 0 Å². The number of hydrogen-bond acceptors (Lipinski definition) is 2. The molecule has 116 valence electrons. The molecule has 0 saturated heterocycles. The molecule has 2 N–H and O–H groups in total. The number of carbonyl (C=O) groups is 2. The third-order valence-electron chi connectivity index (χ3n) is 3.01. The molecular formula is C18H22N2O2. The first kappa shape index (κ1) is 17.4. The molecule has 2 rings (SSSR count). The Morgan fingerprint density at radius 1 is 0.864 bits per heavy atom. The number of nitrogens with two attached hydrogens (primary N) is 1. The van der Waals surface area contributed by atoms with Gasteiger partial charge >= 0.3 is 0 Å². The van der Waals surface area contributed by atoms with Crippen LogP contribution in [0.4, 0.5) is 0 Å². The maximum absolute atomic E-state index is 11.4. The monoisotopic (exact) mass is 298 g/mol. The number of hydrogen-bond donors (Lipinski definition) is 1. The van der Waals surface area contributed by atoms with Gasteiger partial charge < -0.3 is 10.6 Å². The van der Waals surface area contributed by atoms with Crippen LogP contribution in [0.1, 0.15) is 31.8 Å². The first-order chi connectivity index (χ1) is 10.3.